The first-order valence-electron chi connectivity index (χ1n) is 9.08. The summed E-state index contributed by atoms with van der Waals surface area (Å²) in [6.07, 6.45) is -12.9. The van der Waals surface area contributed by atoms with Gasteiger partial charge in [0.25, 0.3) is 15.7 Å². The Hall–Kier alpha value is -0.550. The molecule has 0 aromatic carbocycles. The van der Waals surface area contributed by atoms with Crippen LogP contribution in [0.2, 0.25) is 0 Å². The molecule has 0 bridgehead atoms. The Bertz CT molecular complexity index is 627. The zero-order chi connectivity index (χ0) is 22.3. The first kappa shape index (κ1) is 25.5. The van der Waals surface area contributed by atoms with Crippen molar-refractivity contribution in [3.05, 3.63) is 0 Å². The minimum Gasteiger partial charge on any atom is -0.374 e. The van der Waals surface area contributed by atoms with Gasteiger partial charge in [0, 0.05) is 5.92 Å². The van der Waals surface area contributed by atoms with Gasteiger partial charge in [-0.1, -0.05) is 27.2 Å². The smallest absolute Gasteiger partial charge is 0.374 e. The summed E-state index contributed by atoms with van der Waals surface area (Å²) in [5.41, 5.74) is -5.73. The van der Waals surface area contributed by atoms with Crippen LogP contribution < -0.4 is 0 Å². The van der Waals surface area contributed by atoms with Crippen LogP contribution in [-0.4, -0.2) is 42.3 Å². The Kier molecular flexibility index (Phi) is 7.23. The maximum absolute atomic E-state index is 12.9. The van der Waals surface area contributed by atoms with Crippen molar-refractivity contribution in [2.75, 3.05) is 0 Å². The molecule has 28 heavy (non-hydrogen) atoms. The molecule has 4 nitrogen and oxygen atoms in total. The molecule has 11 heteroatoms. The third-order valence-corrected chi connectivity index (χ3v) is 7.82. The molecule has 1 aliphatic heterocycles. The molecule has 1 saturated heterocycles. The number of alkyl halides is 6. The van der Waals surface area contributed by atoms with Crippen LogP contribution in [0.15, 0.2) is 0 Å². The zero-order valence-corrected chi connectivity index (χ0v) is 17.3. The summed E-state index contributed by atoms with van der Waals surface area (Å²) in [4.78, 5) is 0. The lowest BCUT2D eigenvalue weighted by Gasteiger charge is -2.35. The average molecular weight is 442 g/mol. The summed E-state index contributed by atoms with van der Waals surface area (Å²) in [5, 5.41) is 8.47. The van der Waals surface area contributed by atoms with Crippen molar-refractivity contribution in [2.24, 2.45) is 17.8 Å². The Morgan fingerprint density at radius 3 is 1.89 bits per heavy atom. The van der Waals surface area contributed by atoms with Crippen molar-refractivity contribution in [1.29, 1.82) is 0 Å². The van der Waals surface area contributed by atoms with E-state index in [1.165, 1.54) is 6.92 Å². The molecule has 1 rings (SSSR count). The van der Waals surface area contributed by atoms with E-state index in [1.54, 1.807) is 27.7 Å². The Morgan fingerprint density at radius 1 is 1.11 bits per heavy atom. The van der Waals surface area contributed by atoms with E-state index in [4.69, 9.17) is 4.18 Å². The summed E-state index contributed by atoms with van der Waals surface area (Å²) < 4.78 is 107. The molecule has 0 aromatic heterocycles. The van der Waals surface area contributed by atoms with E-state index in [-0.39, 0.29) is 18.8 Å². The minimum absolute atomic E-state index is 0.0736. The second-order valence-electron chi connectivity index (χ2n) is 8.42. The van der Waals surface area contributed by atoms with Gasteiger partial charge in [-0.05, 0) is 44.9 Å². The summed E-state index contributed by atoms with van der Waals surface area (Å²) in [6.45, 7) is 7.81. The monoisotopic (exact) mass is 442 g/mol. The molecule has 4 unspecified atom stereocenters. The first-order valence-corrected chi connectivity index (χ1v) is 10.6. The van der Waals surface area contributed by atoms with Crippen LogP contribution in [0.3, 0.4) is 0 Å². The lowest BCUT2D eigenvalue weighted by atomic mass is 9.80. The van der Waals surface area contributed by atoms with Crippen molar-refractivity contribution in [3.63, 3.8) is 0 Å². The molecule has 0 spiro atoms. The largest absolute Gasteiger partial charge is 0.426 e. The van der Waals surface area contributed by atoms with Crippen LogP contribution in [0.25, 0.3) is 0 Å². The van der Waals surface area contributed by atoms with Gasteiger partial charge in [-0.2, -0.15) is 34.8 Å². The van der Waals surface area contributed by atoms with Gasteiger partial charge in [0.05, 0.1) is 10.9 Å². The summed E-state index contributed by atoms with van der Waals surface area (Å²) in [7, 11) is -3.88. The molecule has 0 radical (unpaired) electrons. The van der Waals surface area contributed by atoms with E-state index in [1.807, 2.05) is 0 Å². The highest BCUT2D eigenvalue weighted by Gasteiger charge is 2.70. The number of halogens is 6. The standard InChI is InChI=1S/C17H28F6O4S/c1-6-12(8-13-11(3)14(4,5)27-28(13,25)26)7-10(2)9-15(24,16(18,19)20)17(21,22)23/h10-13,24H,6-9H2,1-5H3. The van der Waals surface area contributed by atoms with E-state index < -0.39 is 57.2 Å². The van der Waals surface area contributed by atoms with Gasteiger partial charge in [-0.15, -0.1) is 0 Å². The molecule has 1 aliphatic rings. The van der Waals surface area contributed by atoms with Crippen LogP contribution in [0, 0.1) is 17.8 Å². The topological polar surface area (TPSA) is 63.6 Å². The second kappa shape index (κ2) is 7.94. The molecule has 1 fully saturated rings. The van der Waals surface area contributed by atoms with Crippen LogP contribution in [0.5, 0.6) is 0 Å². The molecule has 0 amide bonds. The van der Waals surface area contributed by atoms with Crippen molar-refractivity contribution < 1.29 is 44.0 Å². The zero-order valence-electron chi connectivity index (χ0n) is 16.5. The summed E-state index contributed by atoms with van der Waals surface area (Å²) in [5.74, 6) is -1.95. The Morgan fingerprint density at radius 2 is 1.57 bits per heavy atom. The second-order valence-corrected chi connectivity index (χ2v) is 10.2. The van der Waals surface area contributed by atoms with E-state index in [0.717, 1.165) is 0 Å². The van der Waals surface area contributed by atoms with Crippen molar-refractivity contribution >= 4 is 10.1 Å². The molecule has 0 aliphatic carbocycles. The third kappa shape index (κ3) is 5.13. The van der Waals surface area contributed by atoms with Gasteiger partial charge in [0.1, 0.15) is 0 Å². The van der Waals surface area contributed by atoms with Crippen molar-refractivity contribution in [3.8, 4) is 0 Å². The fourth-order valence-electron chi connectivity index (χ4n) is 3.76. The Balaban J connectivity index is 2.93. The Labute approximate surface area is 161 Å². The summed E-state index contributed by atoms with van der Waals surface area (Å²) >= 11 is 0. The van der Waals surface area contributed by atoms with Gasteiger partial charge in [-0.3, -0.25) is 4.18 Å². The maximum atomic E-state index is 12.9. The van der Waals surface area contributed by atoms with Crippen LogP contribution >= 0.6 is 0 Å². The number of hydrogen-bond donors (Lipinski definition) is 1. The normalized spacial score (nSPS) is 27.6. The molecule has 4 atom stereocenters. The molecule has 1 heterocycles. The third-order valence-electron chi connectivity index (χ3n) is 5.82. The molecule has 0 saturated carbocycles. The average Bonchev–Trinajstić information content (AvgIpc) is 2.61. The highest BCUT2D eigenvalue weighted by Crippen LogP contribution is 2.48. The maximum Gasteiger partial charge on any atom is 0.426 e. The van der Waals surface area contributed by atoms with Gasteiger partial charge in [0.2, 0.25) is 0 Å². The minimum atomic E-state index is -5.86. The SMILES string of the molecule is CCC(CC(C)CC(O)(C(F)(F)F)C(F)(F)F)CC1C(C)C(C)(C)OS1(=O)=O. The molecule has 1 N–H and O–H groups in total. The molecule has 168 valence electrons. The number of rotatable bonds is 7. The van der Waals surface area contributed by atoms with E-state index in [2.05, 4.69) is 0 Å². The predicted octanol–water partition coefficient (Wildman–Crippen LogP) is 4.82. The van der Waals surface area contributed by atoms with E-state index in [0.29, 0.717) is 6.42 Å². The van der Waals surface area contributed by atoms with Crippen LogP contribution in [-0.2, 0) is 14.3 Å². The lowest BCUT2D eigenvalue weighted by Crippen LogP contribution is -2.57. The van der Waals surface area contributed by atoms with Gasteiger partial charge in [-0.25, -0.2) is 0 Å². The predicted molar refractivity (Wildman–Crippen MR) is 90.9 cm³/mol. The van der Waals surface area contributed by atoms with Gasteiger partial charge >= 0.3 is 12.4 Å². The van der Waals surface area contributed by atoms with E-state index >= 15 is 0 Å². The fraction of sp³-hybridized carbons (Fsp3) is 1.00. The van der Waals surface area contributed by atoms with Crippen molar-refractivity contribution in [2.45, 2.75) is 89.1 Å². The van der Waals surface area contributed by atoms with E-state index in [9.17, 15) is 39.9 Å². The van der Waals surface area contributed by atoms with Gasteiger partial charge in [0.15, 0.2) is 0 Å². The lowest BCUT2D eigenvalue weighted by molar-refractivity contribution is -0.372. The van der Waals surface area contributed by atoms with Crippen molar-refractivity contribution in [1.82, 2.24) is 0 Å². The molecular weight excluding hydrogens is 414 g/mol. The quantitative estimate of drug-likeness (QED) is 0.454. The fourth-order valence-corrected chi connectivity index (χ4v) is 5.97. The van der Waals surface area contributed by atoms with Crippen LogP contribution in [0.4, 0.5) is 26.3 Å². The number of hydrogen-bond acceptors (Lipinski definition) is 4. The summed E-state index contributed by atoms with van der Waals surface area (Å²) in [6, 6.07) is 0. The highest BCUT2D eigenvalue weighted by molar-refractivity contribution is 7.87. The molecular formula is C17H28F6O4S. The van der Waals surface area contributed by atoms with Crippen LogP contribution in [0.1, 0.15) is 60.3 Å². The molecule has 0 aromatic rings. The first-order chi connectivity index (χ1) is 12.3. The van der Waals surface area contributed by atoms with Gasteiger partial charge < -0.3 is 5.11 Å². The highest BCUT2D eigenvalue weighted by atomic mass is 32.2. The number of aliphatic hydroxyl groups is 1.